The summed E-state index contributed by atoms with van der Waals surface area (Å²) in [4.78, 5) is 0. The average molecular weight is 285 g/mol. The molecule has 0 spiro atoms. The number of para-hydroxylation sites is 2. The standard InChI is InChI=1S/C18H23NO2/c1-4-11-19-13-15-12-14(2)9-10-16(15)21-18-8-6-5-7-17(18)20-3/h5-10,12,19H,4,11,13H2,1-3H3. The van der Waals surface area contributed by atoms with Gasteiger partial charge in [-0.1, -0.05) is 36.8 Å². The number of hydrogen-bond donors (Lipinski definition) is 1. The van der Waals surface area contributed by atoms with Gasteiger partial charge in [0.25, 0.3) is 0 Å². The van der Waals surface area contributed by atoms with E-state index in [2.05, 4.69) is 31.3 Å². The fourth-order valence-corrected chi connectivity index (χ4v) is 2.17. The second-order valence-electron chi connectivity index (χ2n) is 5.04. The number of ether oxygens (including phenoxy) is 2. The van der Waals surface area contributed by atoms with Crippen molar-refractivity contribution < 1.29 is 9.47 Å². The minimum absolute atomic E-state index is 0.737. The quantitative estimate of drug-likeness (QED) is 0.770. The predicted molar refractivity (Wildman–Crippen MR) is 86.2 cm³/mol. The van der Waals surface area contributed by atoms with Gasteiger partial charge in [0, 0.05) is 12.1 Å². The van der Waals surface area contributed by atoms with Crippen molar-refractivity contribution in [1.29, 1.82) is 0 Å². The summed E-state index contributed by atoms with van der Waals surface area (Å²) in [7, 11) is 1.65. The van der Waals surface area contributed by atoms with Crippen LogP contribution in [0.1, 0.15) is 24.5 Å². The molecule has 2 rings (SSSR count). The Hall–Kier alpha value is -2.00. The first-order chi connectivity index (χ1) is 10.2. The molecule has 0 amide bonds. The summed E-state index contributed by atoms with van der Waals surface area (Å²) < 4.78 is 11.4. The van der Waals surface area contributed by atoms with Crippen LogP contribution in [0.4, 0.5) is 0 Å². The molecular formula is C18H23NO2. The first-order valence-corrected chi connectivity index (χ1v) is 7.35. The minimum atomic E-state index is 0.737. The van der Waals surface area contributed by atoms with Gasteiger partial charge in [0.2, 0.25) is 0 Å². The summed E-state index contributed by atoms with van der Waals surface area (Å²) in [5.74, 6) is 2.35. The van der Waals surface area contributed by atoms with Crippen molar-refractivity contribution >= 4 is 0 Å². The third-order valence-corrected chi connectivity index (χ3v) is 3.25. The lowest BCUT2D eigenvalue weighted by Gasteiger charge is -2.14. The summed E-state index contributed by atoms with van der Waals surface area (Å²) in [5.41, 5.74) is 2.39. The van der Waals surface area contributed by atoms with Gasteiger partial charge in [0.1, 0.15) is 5.75 Å². The lowest BCUT2D eigenvalue weighted by Crippen LogP contribution is -2.14. The number of benzene rings is 2. The van der Waals surface area contributed by atoms with Crippen LogP contribution in [0.3, 0.4) is 0 Å². The zero-order chi connectivity index (χ0) is 15.1. The molecule has 0 aliphatic rings. The van der Waals surface area contributed by atoms with Gasteiger partial charge in [-0.25, -0.2) is 0 Å². The zero-order valence-electron chi connectivity index (χ0n) is 13.0. The van der Waals surface area contributed by atoms with Crippen molar-refractivity contribution in [3.63, 3.8) is 0 Å². The first-order valence-electron chi connectivity index (χ1n) is 7.35. The molecule has 2 aromatic carbocycles. The minimum Gasteiger partial charge on any atom is -0.493 e. The Morgan fingerprint density at radius 2 is 1.76 bits per heavy atom. The Labute approximate surface area is 126 Å². The highest BCUT2D eigenvalue weighted by Crippen LogP contribution is 2.33. The van der Waals surface area contributed by atoms with Gasteiger partial charge in [-0.2, -0.15) is 0 Å². The van der Waals surface area contributed by atoms with Gasteiger partial charge in [-0.15, -0.1) is 0 Å². The molecule has 21 heavy (non-hydrogen) atoms. The molecule has 0 aliphatic heterocycles. The SMILES string of the molecule is CCCNCc1cc(C)ccc1Oc1ccccc1OC. The van der Waals surface area contributed by atoms with Crippen LogP contribution in [0.5, 0.6) is 17.2 Å². The highest BCUT2D eigenvalue weighted by Gasteiger charge is 2.08. The van der Waals surface area contributed by atoms with E-state index >= 15 is 0 Å². The summed E-state index contributed by atoms with van der Waals surface area (Å²) in [6.45, 7) is 6.06. The van der Waals surface area contributed by atoms with Crippen LogP contribution in [0.25, 0.3) is 0 Å². The van der Waals surface area contributed by atoms with E-state index < -0.39 is 0 Å². The van der Waals surface area contributed by atoms with Gasteiger partial charge in [0.05, 0.1) is 7.11 Å². The molecule has 0 unspecified atom stereocenters. The first kappa shape index (κ1) is 15.4. The molecule has 0 saturated heterocycles. The maximum Gasteiger partial charge on any atom is 0.169 e. The highest BCUT2D eigenvalue weighted by molar-refractivity contribution is 5.45. The second-order valence-corrected chi connectivity index (χ2v) is 5.04. The number of nitrogens with one attached hydrogen (secondary N) is 1. The average Bonchev–Trinajstić information content (AvgIpc) is 2.50. The van der Waals surface area contributed by atoms with E-state index in [4.69, 9.17) is 9.47 Å². The van der Waals surface area contributed by atoms with Gasteiger partial charge in [-0.05, 0) is 38.1 Å². The van der Waals surface area contributed by atoms with E-state index in [0.717, 1.165) is 42.3 Å². The fraction of sp³-hybridized carbons (Fsp3) is 0.333. The maximum absolute atomic E-state index is 6.05. The number of rotatable bonds is 7. The Bertz CT molecular complexity index is 581. The molecule has 0 saturated carbocycles. The monoisotopic (exact) mass is 285 g/mol. The Kier molecular flexibility index (Phi) is 5.64. The Morgan fingerprint density at radius 3 is 2.48 bits per heavy atom. The van der Waals surface area contributed by atoms with Crippen molar-refractivity contribution in [2.45, 2.75) is 26.8 Å². The molecule has 0 aliphatic carbocycles. The molecule has 0 fully saturated rings. The van der Waals surface area contributed by atoms with Crippen LogP contribution in [0, 0.1) is 6.92 Å². The van der Waals surface area contributed by atoms with Gasteiger partial charge >= 0.3 is 0 Å². The summed E-state index contributed by atoms with van der Waals surface area (Å²) >= 11 is 0. The van der Waals surface area contributed by atoms with Crippen LogP contribution in [0.2, 0.25) is 0 Å². The van der Waals surface area contributed by atoms with Gasteiger partial charge < -0.3 is 14.8 Å². The molecule has 0 radical (unpaired) electrons. The molecule has 3 nitrogen and oxygen atoms in total. The number of methoxy groups -OCH3 is 1. The van der Waals surface area contributed by atoms with Crippen LogP contribution in [-0.4, -0.2) is 13.7 Å². The van der Waals surface area contributed by atoms with E-state index in [1.165, 1.54) is 5.56 Å². The fourth-order valence-electron chi connectivity index (χ4n) is 2.17. The van der Waals surface area contributed by atoms with Crippen molar-refractivity contribution in [2.24, 2.45) is 0 Å². The van der Waals surface area contributed by atoms with E-state index in [1.807, 2.05) is 30.3 Å². The summed E-state index contributed by atoms with van der Waals surface area (Å²) in [6.07, 6.45) is 1.12. The van der Waals surface area contributed by atoms with E-state index in [9.17, 15) is 0 Å². The molecule has 3 heteroatoms. The Morgan fingerprint density at radius 1 is 1.00 bits per heavy atom. The lowest BCUT2D eigenvalue weighted by atomic mass is 10.1. The topological polar surface area (TPSA) is 30.5 Å². The molecule has 0 heterocycles. The van der Waals surface area contributed by atoms with Crippen molar-refractivity contribution in [2.75, 3.05) is 13.7 Å². The highest BCUT2D eigenvalue weighted by atomic mass is 16.5. The van der Waals surface area contributed by atoms with Crippen molar-refractivity contribution in [3.05, 3.63) is 53.6 Å². The van der Waals surface area contributed by atoms with Crippen molar-refractivity contribution in [1.82, 2.24) is 5.32 Å². The van der Waals surface area contributed by atoms with Gasteiger partial charge in [-0.3, -0.25) is 0 Å². The molecular weight excluding hydrogens is 262 g/mol. The normalized spacial score (nSPS) is 10.4. The third kappa shape index (κ3) is 4.23. The smallest absolute Gasteiger partial charge is 0.169 e. The Balaban J connectivity index is 2.22. The maximum atomic E-state index is 6.05. The van der Waals surface area contributed by atoms with Crippen LogP contribution in [-0.2, 0) is 6.54 Å². The zero-order valence-corrected chi connectivity index (χ0v) is 13.0. The van der Waals surface area contributed by atoms with E-state index in [-0.39, 0.29) is 0 Å². The van der Waals surface area contributed by atoms with Crippen LogP contribution < -0.4 is 14.8 Å². The lowest BCUT2D eigenvalue weighted by molar-refractivity contribution is 0.377. The van der Waals surface area contributed by atoms with Crippen LogP contribution in [0.15, 0.2) is 42.5 Å². The summed E-state index contributed by atoms with van der Waals surface area (Å²) in [6, 6.07) is 13.9. The number of aryl methyl sites for hydroxylation is 1. The number of hydrogen-bond acceptors (Lipinski definition) is 3. The predicted octanol–water partition coefficient (Wildman–Crippen LogP) is 4.30. The van der Waals surface area contributed by atoms with E-state index in [1.54, 1.807) is 7.11 Å². The van der Waals surface area contributed by atoms with E-state index in [0.29, 0.717) is 0 Å². The molecule has 112 valence electrons. The van der Waals surface area contributed by atoms with Crippen LogP contribution >= 0.6 is 0 Å². The molecule has 0 atom stereocenters. The molecule has 0 aromatic heterocycles. The molecule has 2 aromatic rings. The largest absolute Gasteiger partial charge is 0.493 e. The molecule has 1 N–H and O–H groups in total. The second kappa shape index (κ2) is 7.70. The summed E-state index contributed by atoms with van der Waals surface area (Å²) in [5, 5.41) is 3.42. The third-order valence-electron chi connectivity index (χ3n) is 3.25. The molecule has 0 bridgehead atoms. The van der Waals surface area contributed by atoms with Crippen molar-refractivity contribution in [3.8, 4) is 17.2 Å². The van der Waals surface area contributed by atoms with Gasteiger partial charge in [0.15, 0.2) is 11.5 Å².